The van der Waals surface area contributed by atoms with Crippen LogP contribution in [0.5, 0.6) is 5.75 Å². The molecule has 0 heterocycles. The van der Waals surface area contributed by atoms with E-state index in [1.807, 2.05) is 0 Å². The minimum Gasteiger partial charge on any atom is -0.508 e. The zero-order valence-electron chi connectivity index (χ0n) is 21.4. The molecule has 3 amide bonds. The number of carbonyl (C=O) groups excluding carboxylic acids is 3. The van der Waals surface area contributed by atoms with Crippen molar-refractivity contribution in [3.05, 3.63) is 65.7 Å². The van der Waals surface area contributed by atoms with E-state index in [2.05, 4.69) is 20.9 Å². The molecule has 2 rings (SSSR count). The van der Waals surface area contributed by atoms with Gasteiger partial charge < -0.3 is 43.4 Å². The number of hydrogen-bond acceptors (Lipinski definition) is 7. The van der Waals surface area contributed by atoms with Crippen LogP contribution in [-0.2, 0) is 32.0 Å². The summed E-state index contributed by atoms with van der Waals surface area (Å²) in [6, 6.07) is 11.3. The molecule has 0 aliphatic rings. The van der Waals surface area contributed by atoms with Crippen LogP contribution in [0.3, 0.4) is 0 Å². The molecule has 2 aromatic rings. The van der Waals surface area contributed by atoms with Gasteiger partial charge in [0, 0.05) is 19.4 Å². The van der Waals surface area contributed by atoms with Crippen molar-refractivity contribution in [1.82, 2.24) is 16.0 Å². The van der Waals surface area contributed by atoms with Crippen molar-refractivity contribution in [3.8, 4) is 5.75 Å². The molecular weight excluding hydrogens is 506 g/mol. The number of amides is 3. The highest BCUT2D eigenvalue weighted by atomic mass is 16.4. The predicted molar refractivity (Wildman–Crippen MR) is 144 cm³/mol. The number of benzene rings is 2. The molecule has 0 saturated carbocycles. The number of carbonyl (C=O) groups is 4. The number of guanidine groups is 1. The highest BCUT2D eigenvalue weighted by Crippen LogP contribution is 2.12. The third-order valence-electron chi connectivity index (χ3n) is 5.69. The van der Waals surface area contributed by atoms with E-state index in [-0.39, 0.29) is 44.1 Å². The maximum Gasteiger partial charge on any atom is 0.326 e. The second-order valence-electron chi connectivity index (χ2n) is 8.79. The number of hydrogen-bond donors (Lipinski definition) is 8. The summed E-state index contributed by atoms with van der Waals surface area (Å²) in [7, 11) is 0. The number of rotatable bonds is 15. The molecule has 39 heavy (non-hydrogen) atoms. The number of phenols is 1. The second-order valence-corrected chi connectivity index (χ2v) is 8.79. The Balaban J connectivity index is 2.24. The Kier molecular flexibility index (Phi) is 12.2. The van der Waals surface area contributed by atoms with Gasteiger partial charge in [-0.1, -0.05) is 42.5 Å². The summed E-state index contributed by atoms with van der Waals surface area (Å²) in [5.74, 6) is -3.32. The summed E-state index contributed by atoms with van der Waals surface area (Å²) in [5, 5.41) is 27.0. The lowest BCUT2D eigenvalue weighted by Crippen LogP contribution is -2.57. The number of carboxylic acids is 1. The highest BCUT2D eigenvalue weighted by molar-refractivity contribution is 5.93. The van der Waals surface area contributed by atoms with Gasteiger partial charge in [0.05, 0.1) is 6.54 Å². The number of nitrogens with one attached hydrogen (secondary N) is 3. The lowest BCUT2D eigenvalue weighted by atomic mass is 10.0. The largest absolute Gasteiger partial charge is 0.508 e. The molecule has 0 aliphatic heterocycles. The van der Waals surface area contributed by atoms with Crippen LogP contribution in [0.2, 0.25) is 0 Å². The summed E-state index contributed by atoms with van der Waals surface area (Å²) in [6.07, 6.45) is 0.504. The van der Waals surface area contributed by atoms with Crippen LogP contribution < -0.4 is 33.2 Å². The van der Waals surface area contributed by atoms with Gasteiger partial charge in [-0.15, -0.1) is 0 Å². The summed E-state index contributed by atoms with van der Waals surface area (Å²) in [5.41, 5.74) is 17.3. The van der Waals surface area contributed by atoms with Gasteiger partial charge in [0.25, 0.3) is 0 Å². The summed E-state index contributed by atoms with van der Waals surface area (Å²) in [4.78, 5) is 54.2. The van der Waals surface area contributed by atoms with Crippen molar-refractivity contribution in [2.75, 3.05) is 13.1 Å². The van der Waals surface area contributed by atoms with Crippen LogP contribution in [0, 0.1) is 0 Å². The van der Waals surface area contributed by atoms with Crippen molar-refractivity contribution in [2.24, 2.45) is 22.2 Å². The predicted octanol–water partition coefficient (Wildman–Crippen LogP) is -1.27. The van der Waals surface area contributed by atoms with Crippen molar-refractivity contribution < 1.29 is 29.4 Å². The van der Waals surface area contributed by atoms with Crippen LogP contribution in [0.25, 0.3) is 0 Å². The molecule has 11 N–H and O–H groups in total. The van der Waals surface area contributed by atoms with Gasteiger partial charge >= 0.3 is 5.97 Å². The van der Waals surface area contributed by atoms with Crippen molar-refractivity contribution in [2.45, 2.75) is 43.8 Å². The van der Waals surface area contributed by atoms with Crippen molar-refractivity contribution >= 4 is 29.7 Å². The van der Waals surface area contributed by atoms with Gasteiger partial charge in [0.2, 0.25) is 17.7 Å². The minimum atomic E-state index is -1.26. The Morgan fingerprint density at radius 2 is 1.36 bits per heavy atom. The fraction of sp³-hybridized carbons (Fsp3) is 0.346. The lowest BCUT2D eigenvalue weighted by molar-refractivity contribution is -0.142. The Morgan fingerprint density at radius 3 is 1.95 bits per heavy atom. The molecule has 3 atom stereocenters. The number of aliphatic carboxylic acids is 1. The molecule has 0 aliphatic carbocycles. The molecule has 0 spiro atoms. The Bertz CT molecular complexity index is 1140. The monoisotopic (exact) mass is 541 g/mol. The zero-order valence-corrected chi connectivity index (χ0v) is 21.4. The fourth-order valence-electron chi connectivity index (χ4n) is 3.70. The van der Waals surface area contributed by atoms with Crippen molar-refractivity contribution in [1.29, 1.82) is 0 Å². The Labute approximate surface area is 225 Å². The SMILES string of the molecule is NCC(=O)NC(CCCN=C(N)N)C(=O)NC(Cc1ccc(O)cc1)C(=O)NC(Cc1ccccc1)C(=O)O. The fourth-order valence-corrected chi connectivity index (χ4v) is 3.70. The smallest absolute Gasteiger partial charge is 0.326 e. The van der Waals surface area contributed by atoms with Crippen LogP contribution in [0.1, 0.15) is 24.0 Å². The van der Waals surface area contributed by atoms with E-state index >= 15 is 0 Å². The molecular formula is C26H35N7O6. The quantitative estimate of drug-likeness (QED) is 0.0761. The minimum absolute atomic E-state index is 0.0128. The number of aromatic hydroxyl groups is 1. The van der Waals surface area contributed by atoms with Gasteiger partial charge in [-0.05, 0) is 36.1 Å². The standard InChI is InChI=1S/C26H35N7O6/c27-15-22(35)31-19(7-4-12-30-26(28)29)23(36)32-20(13-17-8-10-18(34)11-9-17)24(37)33-21(25(38)39)14-16-5-2-1-3-6-16/h1-3,5-6,8-11,19-21,34H,4,7,12-15,27H2,(H,31,35)(H,32,36)(H,33,37)(H,38,39)(H4,28,29,30). The molecule has 0 saturated heterocycles. The average molecular weight is 542 g/mol. The number of nitrogens with two attached hydrogens (primary N) is 3. The van der Waals surface area contributed by atoms with Crippen LogP contribution >= 0.6 is 0 Å². The molecule has 13 nitrogen and oxygen atoms in total. The molecule has 210 valence electrons. The van der Waals surface area contributed by atoms with Gasteiger partial charge in [-0.25, -0.2) is 4.79 Å². The van der Waals surface area contributed by atoms with Crippen LogP contribution in [-0.4, -0.2) is 71.1 Å². The average Bonchev–Trinajstić information content (AvgIpc) is 2.90. The maximum absolute atomic E-state index is 13.3. The molecule has 0 fully saturated rings. The number of phenolic OH excluding ortho intramolecular Hbond substituents is 1. The van der Waals surface area contributed by atoms with E-state index in [0.29, 0.717) is 17.5 Å². The molecule has 0 aromatic heterocycles. The molecule has 2 aromatic carbocycles. The first kappa shape index (κ1) is 30.6. The first-order valence-corrected chi connectivity index (χ1v) is 12.3. The van der Waals surface area contributed by atoms with Gasteiger partial charge in [-0.2, -0.15) is 0 Å². The molecule has 0 bridgehead atoms. The third-order valence-corrected chi connectivity index (χ3v) is 5.69. The van der Waals surface area contributed by atoms with E-state index in [0.717, 1.165) is 0 Å². The molecule has 13 heteroatoms. The molecule has 3 unspecified atom stereocenters. The normalized spacial score (nSPS) is 12.8. The van der Waals surface area contributed by atoms with Crippen molar-refractivity contribution in [3.63, 3.8) is 0 Å². The molecule has 0 radical (unpaired) electrons. The van der Waals surface area contributed by atoms with Gasteiger partial charge in [0.15, 0.2) is 5.96 Å². The van der Waals surface area contributed by atoms with Crippen LogP contribution in [0.4, 0.5) is 0 Å². The van der Waals surface area contributed by atoms with E-state index in [4.69, 9.17) is 17.2 Å². The third kappa shape index (κ3) is 11.1. The zero-order chi connectivity index (χ0) is 28.8. The number of nitrogens with zero attached hydrogens (tertiary/aromatic N) is 1. The van der Waals surface area contributed by atoms with E-state index < -0.39 is 41.8 Å². The first-order valence-electron chi connectivity index (χ1n) is 12.3. The Hall–Kier alpha value is -4.65. The lowest BCUT2D eigenvalue weighted by Gasteiger charge is -2.25. The van der Waals surface area contributed by atoms with E-state index in [1.165, 1.54) is 12.1 Å². The first-order chi connectivity index (χ1) is 18.6. The van der Waals surface area contributed by atoms with Crippen LogP contribution in [0.15, 0.2) is 59.6 Å². The number of carboxylic acid groups (broad SMARTS) is 1. The maximum atomic E-state index is 13.3. The highest BCUT2D eigenvalue weighted by Gasteiger charge is 2.29. The van der Waals surface area contributed by atoms with Gasteiger partial charge in [-0.3, -0.25) is 19.4 Å². The number of aliphatic imine (C=N–C) groups is 1. The van der Waals surface area contributed by atoms with E-state index in [1.54, 1.807) is 42.5 Å². The summed E-state index contributed by atoms with van der Waals surface area (Å²) < 4.78 is 0. The topological polar surface area (TPSA) is 235 Å². The Morgan fingerprint density at radius 1 is 0.795 bits per heavy atom. The second kappa shape index (κ2) is 15.6. The summed E-state index contributed by atoms with van der Waals surface area (Å²) >= 11 is 0. The summed E-state index contributed by atoms with van der Waals surface area (Å²) in [6.45, 7) is -0.142. The van der Waals surface area contributed by atoms with E-state index in [9.17, 15) is 29.4 Å². The van der Waals surface area contributed by atoms with Gasteiger partial charge in [0.1, 0.15) is 23.9 Å².